The Morgan fingerprint density at radius 3 is 2.62 bits per heavy atom. The van der Waals surface area contributed by atoms with E-state index in [1.54, 1.807) is 0 Å². The summed E-state index contributed by atoms with van der Waals surface area (Å²) in [5, 5.41) is 3.75. The highest BCUT2D eigenvalue weighted by Crippen LogP contribution is 2.12. The second-order valence-electron chi connectivity index (χ2n) is 3.63. The summed E-state index contributed by atoms with van der Waals surface area (Å²) in [6.45, 7) is 0. The van der Waals surface area contributed by atoms with Crippen LogP contribution in [-0.4, -0.2) is 17.0 Å². The van der Waals surface area contributed by atoms with Crippen molar-refractivity contribution in [1.82, 2.24) is 9.97 Å². The van der Waals surface area contributed by atoms with Crippen molar-refractivity contribution < 1.29 is 0 Å². The number of nitrogens with zero attached hydrogens (tertiary/aromatic N) is 1. The summed E-state index contributed by atoms with van der Waals surface area (Å²) in [7, 11) is 1.85. The zero-order valence-electron chi connectivity index (χ0n) is 9.13. The lowest BCUT2D eigenvalue weighted by Gasteiger charge is -1.99. The molecule has 2 N–H and O–H groups in total. The number of aromatic amines is 1. The molecule has 3 nitrogen and oxygen atoms in total. The van der Waals surface area contributed by atoms with Crippen LogP contribution in [0.15, 0.2) is 30.5 Å². The quantitative estimate of drug-likeness (QED) is 0.856. The lowest BCUT2D eigenvalue weighted by molar-refractivity contribution is 0.926. The van der Waals surface area contributed by atoms with Gasteiger partial charge in [-0.3, -0.25) is 0 Å². The van der Waals surface area contributed by atoms with Gasteiger partial charge in [0.2, 0.25) is 0 Å². The molecule has 0 radical (unpaired) electrons. The highest BCUT2D eigenvalue weighted by atomic mass is 35.5. The van der Waals surface area contributed by atoms with Gasteiger partial charge in [-0.05, 0) is 30.5 Å². The zero-order valence-corrected chi connectivity index (χ0v) is 9.88. The summed E-state index contributed by atoms with van der Waals surface area (Å²) < 4.78 is 0. The van der Waals surface area contributed by atoms with Crippen LogP contribution in [0.25, 0.3) is 0 Å². The standard InChI is InChI=1S/C12H14ClN3/c1-14-12-15-8-11(16-12)7-4-9-2-5-10(13)6-3-9/h2-3,5-6,8H,4,7H2,1H3,(H2,14,15,16). The maximum Gasteiger partial charge on any atom is 0.200 e. The fourth-order valence-corrected chi connectivity index (χ4v) is 1.67. The number of nitrogens with one attached hydrogen (secondary N) is 2. The van der Waals surface area contributed by atoms with E-state index < -0.39 is 0 Å². The average Bonchev–Trinajstić information content (AvgIpc) is 2.76. The number of halogens is 1. The van der Waals surface area contributed by atoms with Crippen LogP contribution in [-0.2, 0) is 12.8 Å². The first kappa shape index (κ1) is 11.0. The maximum atomic E-state index is 5.83. The van der Waals surface area contributed by atoms with Gasteiger partial charge in [0.1, 0.15) is 0 Å². The Morgan fingerprint density at radius 1 is 1.25 bits per heavy atom. The first-order chi connectivity index (χ1) is 7.78. The number of benzene rings is 1. The SMILES string of the molecule is CNc1ncc(CCc2ccc(Cl)cc2)[nH]1. The minimum atomic E-state index is 0.780. The normalized spacial score (nSPS) is 10.4. The number of H-pyrrole nitrogens is 1. The van der Waals surface area contributed by atoms with Gasteiger partial charge in [0.25, 0.3) is 0 Å². The van der Waals surface area contributed by atoms with Gasteiger partial charge in [-0.15, -0.1) is 0 Å². The largest absolute Gasteiger partial charge is 0.359 e. The van der Waals surface area contributed by atoms with E-state index in [4.69, 9.17) is 11.6 Å². The molecule has 16 heavy (non-hydrogen) atoms. The first-order valence-electron chi connectivity index (χ1n) is 5.24. The minimum absolute atomic E-state index is 0.780. The molecule has 0 bridgehead atoms. The molecular formula is C12H14ClN3. The van der Waals surface area contributed by atoms with Crippen molar-refractivity contribution in [2.45, 2.75) is 12.8 Å². The van der Waals surface area contributed by atoms with Crippen molar-refractivity contribution in [3.05, 3.63) is 46.7 Å². The van der Waals surface area contributed by atoms with E-state index in [1.807, 2.05) is 25.4 Å². The predicted octanol–water partition coefficient (Wildman–Crippen LogP) is 2.89. The highest BCUT2D eigenvalue weighted by Gasteiger charge is 1.99. The first-order valence-corrected chi connectivity index (χ1v) is 5.62. The van der Waals surface area contributed by atoms with Crippen molar-refractivity contribution in [2.24, 2.45) is 0 Å². The molecule has 1 aromatic heterocycles. The topological polar surface area (TPSA) is 40.7 Å². The summed E-state index contributed by atoms with van der Waals surface area (Å²) in [5.41, 5.74) is 2.42. The van der Waals surface area contributed by atoms with Crippen molar-refractivity contribution in [1.29, 1.82) is 0 Å². The molecule has 0 aliphatic carbocycles. The number of aryl methyl sites for hydroxylation is 2. The molecule has 0 aliphatic rings. The number of rotatable bonds is 4. The summed E-state index contributed by atoms with van der Waals surface area (Å²) in [6.07, 6.45) is 3.81. The van der Waals surface area contributed by atoms with E-state index >= 15 is 0 Å². The van der Waals surface area contributed by atoms with Gasteiger partial charge in [0.15, 0.2) is 5.95 Å². The molecule has 2 aromatic rings. The number of hydrogen-bond donors (Lipinski definition) is 2. The fourth-order valence-electron chi connectivity index (χ4n) is 1.54. The zero-order chi connectivity index (χ0) is 11.4. The number of hydrogen-bond acceptors (Lipinski definition) is 2. The van der Waals surface area contributed by atoms with E-state index in [1.165, 1.54) is 5.56 Å². The molecular weight excluding hydrogens is 222 g/mol. The molecule has 0 atom stereocenters. The molecule has 0 unspecified atom stereocenters. The smallest absolute Gasteiger partial charge is 0.200 e. The van der Waals surface area contributed by atoms with E-state index in [0.29, 0.717) is 0 Å². The summed E-state index contributed by atoms with van der Waals surface area (Å²) >= 11 is 5.83. The Kier molecular flexibility index (Phi) is 3.47. The van der Waals surface area contributed by atoms with Crippen LogP contribution in [0.3, 0.4) is 0 Å². The van der Waals surface area contributed by atoms with E-state index in [0.717, 1.165) is 29.5 Å². The third-order valence-corrected chi connectivity index (χ3v) is 2.71. The van der Waals surface area contributed by atoms with Gasteiger partial charge in [-0.25, -0.2) is 4.98 Å². The average molecular weight is 236 g/mol. The lowest BCUT2D eigenvalue weighted by atomic mass is 10.1. The van der Waals surface area contributed by atoms with Gasteiger partial charge in [0, 0.05) is 17.8 Å². The Bertz CT molecular complexity index is 448. The van der Waals surface area contributed by atoms with Crippen LogP contribution in [0.1, 0.15) is 11.3 Å². The molecule has 0 saturated heterocycles. The number of anilines is 1. The van der Waals surface area contributed by atoms with E-state index in [9.17, 15) is 0 Å². The van der Waals surface area contributed by atoms with Crippen LogP contribution in [0.4, 0.5) is 5.95 Å². The second kappa shape index (κ2) is 5.03. The molecule has 1 aromatic carbocycles. The molecule has 0 amide bonds. The molecule has 2 rings (SSSR count). The van der Waals surface area contributed by atoms with Crippen molar-refractivity contribution in [3.8, 4) is 0 Å². The lowest BCUT2D eigenvalue weighted by Crippen LogP contribution is -1.93. The fraction of sp³-hybridized carbons (Fsp3) is 0.250. The van der Waals surface area contributed by atoms with Gasteiger partial charge < -0.3 is 10.3 Å². The van der Waals surface area contributed by atoms with Crippen LogP contribution in [0, 0.1) is 0 Å². The minimum Gasteiger partial charge on any atom is -0.359 e. The number of imidazole rings is 1. The summed E-state index contributed by atoms with van der Waals surface area (Å²) in [5.74, 6) is 0.811. The van der Waals surface area contributed by atoms with E-state index in [2.05, 4.69) is 27.4 Å². The highest BCUT2D eigenvalue weighted by molar-refractivity contribution is 6.30. The van der Waals surface area contributed by atoms with Gasteiger partial charge in [-0.2, -0.15) is 0 Å². The van der Waals surface area contributed by atoms with Crippen LogP contribution in [0.2, 0.25) is 5.02 Å². The monoisotopic (exact) mass is 235 g/mol. The molecule has 0 spiro atoms. The van der Waals surface area contributed by atoms with Crippen molar-refractivity contribution in [3.63, 3.8) is 0 Å². The third-order valence-electron chi connectivity index (χ3n) is 2.46. The molecule has 4 heteroatoms. The molecule has 0 fully saturated rings. The van der Waals surface area contributed by atoms with E-state index in [-0.39, 0.29) is 0 Å². The summed E-state index contributed by atoms with van der Waals surface area (Å²) in [4.78, 5) is 7.37. The van der Waals surface area contributed by atoms with Gasteiger partial charge in [0.05, 0.1) is 6.20 Å². The number of aromatic nitrogens is 2. The third kappa shape index (κ3) is 2.76. The Balaban J connectivity index is 1.94. The molecule has 0 aliphatic heterocycles. The van der Waals surface area contributed by atoms with Crippen molar-refractivity contribution >= 4 is 17.5 Å². The van der Waals surface area contributed by atoms with Crippen LogP contribution in [0.5, 0.6) is 0 Å². The van der Waals surface area contributed by atoms with Gasteiger partial charge >= 0.3 is 0 Å². The van der Waals surface area contributed by atoms with Crippen LogP contribution >= 0.6 is 11.6 Å². The Morgan fingerprint density at radius 2 is 2.00 bits per heavy atom. The van der Waals surface area contributed by atoms with Gasteiger partial charge in [-0.1, -0.05) is 23.7 Å². The maximum absolute atomic E-state index is 5.83. The van der Waals surface area contributed by atoms with Crippen LogP contribution < -0.4 is 5.32 Å². The molecule has 0 saturated carbocycles. The second-order valence-corrected chi connectivity index (χ2v) is 4.07. The molecule has 1 heterocycles. The predicted molar refractivity (Wildman–Crippen MR) is 67.0 cm³/mol. The summed E-state index contributed by atoms with van der Waals surface area (Å²) in [6, 6.07) is 7.95. The Hall–Kier alpha value is -1.48. The Labute approximate surface area is 99.9 Å². The molecule has 84 valence electrons. The van der Waals surface area contributed by atoms with Crippen molar-refractivity contribution in [2.75, 3.05) is 12.4 Å².